The normalized spacial score (nSPS) is 23.9. The zero-order valence-corrected chi connectivity index (χ0v) is 10.9. The van der Waals surface area contributed by atoms with Crippen molar-refractivity contribution in [1.82, 2.24) is 4.98 Å². The van der Waals surface area contributed by atoms with E-state index >= 15 is 0 Å². The van der Waals surface area contributed by atoms with Gasteiger partial charge in [-0.2, -0.15) is 0 Å². The summed E-state index contributed by atoms with van der Waals surface area (Å²) in [5, 5.41) is 0.879. The van der Waals surface area contributed by atoms with Crippen LogP contribution in [-0.2, 0) is 5.33 Å². The van der Waals surface area contributed by atoms with E-state index in [1.807, 2.05) is 6.20 Å². The fourth-order valence-corrected chi connectivity index (χ4v) is 2.15. The molecule has 2 atom stereocenters. The smallest absolute Gasteiger partial charge is 0.128 e. The Morgan fingerprint density at radius 3 is 2.73 bits per heavy atom. The lowest BCUT2D eigenvalue weighted by molar-refractivity contribution is 0.719. The van der Waals surface area contributed by atoms with Gasteiger partial charge in [0.1, 0.15) is 5.82 Å². The van der Waals surface area contributed by atoms with Gasteiger partial charge in [0.25, 0.3) is 0 Å². The molecule has 1 fully saturated rings. The Balaban J connectivity index is 1.95. The first kappa shape index (κ1) is 10.9. The van der Waals surface area contributed by atoms with Crippen LogP contribution in [0.5, 0.6) is 0 Å². The molecule has 0 N–H and O–H groups in total. The molecule has 0 aliphatic heterocycles. The molecule has 0 aromatic carbocycles. The second kappa shape index (κ2) is 4.52. The van der Waals surface area contributed by atoms with Gasteiger partial charge in [0, 0.05) is 25.1 Å². The van der Waals surface area contributed by atoms with E-state index in [9.17, 15) is 0 Å². The molecule has 0 spiro atoms. The summed E-state index contributed by atoms with van der Waals surface area (Å²) < 4.78 is 0. The molecule has 1 aromatic heterocycles. The molecule has 2 unspecified atom stereocenters. The third-order valence-electron chi connectivity index (χ3n) is 3.14. The van der Waals surface area contributed by atoms with Crippen LogP contribution in [0.2, 0.25) is 0 Å². The fourth-order valence-electron chi connectivity index (χ4n) is 1.82. The third-order valence-corrected chi connectivity index (χ3v) is 3.79. The lowest BCUT2D eigenvalue weighted by atomic mass is 10.3. The van der Waals surface area contributed by atoms with E-state index in [0.717, 1.165) is 29.5 Å². The summed E-state index contributed by atoms with van der Waals surface area (Å²) in [6.07, 6.45) is 3.32. The predicted octanol–water partition coefficient (Wildman–Crippen LogP) is 3.07. The Morgan fingerprint density at radius 2 is 2.27 bits per heavy atom. The SMILES string of the molecule is CC1CC1CN(C)c1ccc(CBr)cn1. The first-order valence-corrected chi connectivity index (χ1v) is 6.55. The van der Waals surface area contributed by atoms with E-state index in [1.54, 1.807) is 0 Å². The summed E-state index contributed by atoms with van der Waals surface area (Å²) in [6, 6.07) is 4.23. The molecule has 1 saturated carbocycles. The summed E-state index contributed by atoms with van der Waals surface area (Å²) in [4.78, 5) is 6.71. The van der Waals surface area contributed by atoms with E-state index < -0.39 is 0 Å². The summed E-state index contributed by atoms with van der Waals surface area (Å²) in [7, 11) is 2.13. The standard InChI is InChI=1S/C12H17BrN2/c1-9-5-11(9)8-15(2)12-4-3-10(6-13)7-14-12/h3-4,7,9,11H,5-6,8H2,1-2H3. The molecule has 0 amide bonds. The summed E-state index contributed by atoms with van der Waals surface area (Å²) >= 11 is 3.42. The Bertz CT molecular complexity index is 323. The molecule has 2 nitrogen and oxygen atoms in total. The van der Waals surface area contributed by atoms with Crippen LogP contribution in [-0.4, -0.2) is 18.6 Å². The van der Waals surface area contributed by atoms with Crippen molar-refractivity contribution in [2.24, 2.45) is 11.8 Å². The maximum atomic E-state index is 4.45. The molecule has 3 heteroatoms. The van der Waals surface area contributed by atoms with Gasteiger partial charge in [-0.3, -0.25) is 0 Å². The van der Waals surface area contributed by atoms with Gasteiger partial charge < -0.3 is 4.90 Å². The van der Waals surface area contributed by atoms with Crippen molar-refractivity contribution in [3.05, 3.63) is 23.9 Å². The van der Waals surface area contributed by atoms with Crippen molar-refractivity contribution < 1.29 is 0 Å². The number of aromatic nitrogens is 1. The van der Waals surface area contributed by atoms with Crippen molar-refractivity contribution in [3.63, 3.8) is 0 Å². The van der Waals surface area contributed by atoms with E-state index in [0.29, 0.717) is 0 Å². The third kappa shape index (κ3) is 2.71. The number of rotatable bonds is 4. The van der Waals surface area contributed by atoms with Crippen molar-refractivity contribution in [2.75, 3.05) is 18.5 Å². The van der Waals surface area contributed by atoms with E-state index in [-0.39, 0.29) is 0 Å². The predicted molar refractivity (Wildman–Crippen MR) is 67.4 cm³/mol. The maximum Gasteiger partial charge on any atom is 0.128 e. The number of pyridine rings is 1. The number of nitrogens with zero attached hydrogens (tertiary/aromatic N) is 2. The highest BCUT2D eigenvalue weighted by Gasteiger charge is 2.33. The van der Waals surface area contributed by atoms with Crippen molar-refractivity contribution >= 4 is 21.7 Å². The Hall–Kier alpha value is -0.570. The molecular formula is C12H17BrN2. The number of halogens is 1. The molecule has 1 aliphatic carbocycles. The summed E-state index contributed by atoms with van der Waals surface area (Å²) in [6.45, 7) is 3.46. The molecule has 0 radical (unpaired) electrons. The van der Waals surface area contributed by atoms with Gasteiger partial charge in [0.15, 0.2) is 0 Å². The van der Waals surface area contributed by atoms with Gasteiger partial charge in [0.2, 0.25) is 0 Å². The minimum atomic E-state index is 0.879. The average Bonchev–Trinajstić information content (AvgIpc) is 2.94. The highest BCUT2D eigenvalue weighted by Crippen LogP contribution is 2.38. The van der Waals surface area contributed by atoms with Crippen LogP contribution in [0, 0.1) is 11.8 Å². The lowest BCUT2D eigenvalue weighted by Crippen LogP contribution is -2.21. The van der Waals surface area contributed by atoms with Crippen LogP contribution >= 0.6 is 15.9 Å². The van der Waals surface area contributed by atoms with Crippen LogP contribution in [0.1, 0.15) is 18.9 Å². The van der Waals surface area contributed by atoms with Crippen LogP contribution in [0.25, 0.3) is 0 Å². The van der Waals surface area contributed by atoms with Gasteiger partial charge in [-0.05, 0) is 29.9 Å². The summed E-state index contributed by atoms with van der Waals surface area (Å²) in [5.41, 5.74) is 1.23. The van der Waals surface area contributed by atoms with Gasteiger partial charge in [-0.15, -0.1) is 0 Å². The van der Waals surface area contributed by atoms with Crippen molar-refractivity contribution in [2.45, 2.75) is 18.7 Å². The molecule has 1 heterocycles. The van der Waals surface area contributed by atoms with Gasteiger partial charge in [-0.25, -0.2) is 4.98 Å². The molecule has 82 valence electrons. The van der Waals surface area contributed by atoms with Crippen LogP contribution in [0.15, 0.2) is 18.3 Å². The first-order chi connectivity index (χ1) is 7.20. The Morgan fingerprint density at radius 1 is 1.53 bits per heavy atom. The minimum absolute atomic E-state index is 0.879. The number of alkyl halides is 1. The lowest BCUT2D eigenvalue weighted by Gasteiger charge is -2.18. The molecule has 0 bridgehead atoms. The average molecular weight is 269 g/mol. The zero-order valence-electron chi connectivity index (χ0n) is 9.28. The molecule has 1 aromatic rings. The second-order valence-electron chi connectivity index (χ2n) is 4.51. The number of hydrogen-bond donors (Lipinski definition) is 0. The van der Waals surface area contributed by atoms with E-state index in [4.69, 9.17) is 0 Å². The highest BCUT2D eigenvalue weighted by molar-refractivity contribution is 9.08. The van der Waals surface area contributed by atoms with E-state index in [2.05, 4.69) is 51.9 Å². The fraction of sp³-hybridized carbons (Fsp3) is 0.583. The van der Waals surface area contributed by atoms with Crippen molar-refractivity contribution in [1.29, 1.82) is 0 Å². The summed E-state index contributed by atoms with van der Waals surface area (Å²) in [5.74, 6) is 2.88. The topological polar surface area (TPSA) is 16.1 Å². The minimum Gasteiger partial charge on any atom is -0.359 e. The number of anilines is 1. The van der Waals surface area contributed by atoms with Crippen molar-refractivity contribution in [3.8, 4) is 0 Å². The molecule has 15 heavy (non-hydrogen) atoms. The monoisotopic (exact) mass is 268 g/mol. The van der Waals surface area contributed by atoms with Crippen LogP contribution < -0.4 is 4.90 Å². The Labute approximate surface area is 99.8 Å². The maximum absolute atomic E-state index is 4.45. The van der Waals surface area contributed by atoms with Gasteiger partial charge in [-0.1, -0.05) is 28.9 Å². The van der Waals surface area contributed by atoms with Gasteiger partial charge in [0.05, 0.1) is 0 Å². The second-order valence-corrected chi connectivity index (χ2v) is 5.07. The van der Waals surface area contributed by atoms with E-state index in [1.165, 1.54) is 12.0 Å². The molecule has 2 rings (SSSR count). The molecule has 1 aliphatic rings. The largest absolute Gasteiger partial charge is 0.359 e. The first-order valence-electron chi connectivity index (χ1n) is 5.42. The van der Waals surface area contributed by atoms with Crippen LogP contribution in [0.3, 0.4) is 0 Å². The quantitative estimate of drug-likeness (QED) is 0.781. The molecular weight excluding hydrogens is 252 g/mol. The highest BCUT2D eigenvalue weighted by atomic mass is 79.9. The number of hydrogen-bond acceptors (Lipinski definition) is 2. The zero-order chi connectivity index (χ0) is 10.8. The Kier molecular flexibility index (Phi) is 3.29. The van der Waals surface area contributed by atoms with Crippen LogP contribution in [0.4, 0.5) is 5.82 Å². The molecule has 0 saturated heterocycles. The van der Waals surface area contributed by atoms with Gasteiger partial charge >= 0.3 is 0 Å².